The van der Waals surface area contributed by atoms with Crippen LogP contribution in [0.3, 0.4) is 0 Å². The van der Waals surface area contributed by atoms with Crippen LogP contribution in [0, 0.1) is 5.92 Å². The second-order valence-electron chi connectivity index (χ2n) is 7.58. The topological polar surface area (TPSA) is 55.4 Å². The molecule has 0 aliphatic heterocycles. The Morgan fingerprint density at radius 1 is 1.00 bits per heavy atom. The van der Waals surface area contributed by atoms with Crippen molar-refractivity contribution < 1.29 is 14.3 Å². The van der Waals surface area contributed by atoms with Crippen LogP contribution in [0.25, 0.3) is 11.1 Å². The zero-order valence-corrected chi connectivity index (χ0v) is 15.6. The molecule has 2 aliphatic rings. The number of hydrogen-bond acceptors (Lipinski definition) is 3. The largest absolute Gasteiger partial charge is 0.467 e. The van der Waals surface area contributed by atoms with E-state index in [1.807, 2.05) is 36.4 Å². The van der Waals surface area contributed by atoms with E-state index in [0.717, 1.165) is 35.1 Å². The summed E-state index contributed by atoms with van der Waals surface area (Å²) < 4.78 is 5.07. The molecule has 0 spiro atoms. The molecule has 0 aromatic heterocycles. The number of carbonyl (C=O) groups is 2. The Balaban J connectivity index is 1.66. The Morgan fingerprint density at radius 2 is 1.56 bits per heavy atom. The lowest BCUT2D eigenvalue weighted by Gasteiger charge is -2.25. The number of ether oxygens (including phenoxy) is 1. The van der Waals surface area contributed by atoms with Gasteiger partial charge in [-0.3, -0.25) is 4.79 Å². The summed E-state index contributed by atoms with van der Waals surface area (Å²) in [6.07, 6.45) is 5.09. The van der Waals surface area contributed by atoms with Gasteiger partial charge in [-0.25, -0.2) is 4.79 Å². The summed E-state index contributed by atoms with van der Waals surface area (Å²) in [5.74, 6) is -0.241. The molecule has 1 atom stereocenters. The molecule has 0 radical (unpaired) electrons. The van der Waals surface area contributed by atoms with E-state index < -0.39 is 12.0 Å². The van der Waals surface area contributed by atoms with Crippen LogP contribution in [0.4, 0.5) is 0 Å². The van der Waals surface area contributed by atoms with Crippen molar-refractivity contribution in [2.45, 2.75) is 44.1 Å². The Morgan fingerprint density at radius 3 is 2.11 bits per heavy atom. The van der Waals surface area contributed by atoms with Gasteiger partial charge in [0.15, 0.2) is 0 Å². The van der Waals surface area contributed by atoms with E-state index >= 15 is 0 Å². The van der Waals surface area contributed by atoms with E-state index in [1.165, 1.54) is 20.0 Å². The highest BCUT2D eigenvalue weighted by Gasteiger charge is 2.39. The smallest absolute Gasteiger partial charge is 0.329 e. The lowest BCUT2D eigenvalue weighted by atomic mass is 9.89. The monoisotopic (exact) mass is 363 g/mol. The van der Waals surface area contributed by atoms with Gasteiger partial charge in [0.05, 0.1) is 7.11 Å². The summed E-state index contributed by atoms with van der Waals surface area (Å²) in [7, 11) is 1.38. The van der Waals surface area contributed by atoms with E-state index in [4.69, 9.17) is 4.74 Å². The van der Waals surface area contributed by atoms with Crippen LogP contribution in [0.15, 0.2) is 48.5 Å². The average Bonchev–Trinajstić information content (AvgIpc) is 3.31. The van der Waals surface area contributed by atoms with Gasteiger partial charge >= 0.3 is 5.97 Å². The van der Waals surface area contributed by atoms with Gasteiger partial charge in [-0.2, -0.15) is 0 Å². The molecule has 1 saturated carbocycles. The van der Waals surface area contributed by atoms with E-state index in [9.17, 15) is 9.59 Å². The number of rotatable bonds is 5. The molecule has 1 fully saturated rings. The fourth-order valence-corrected chi connectivity index (χ4v) is 4.67. The minimum absolute atomic E-state index is 0.0563. The average molecular weight is 363 g/mol. The summed E-state index contributed by atoms with van der Waals surface area (Å²) >= 11 is 0. The highest BCUT2D eigenvalue weighted by atomic mass is 16.5. The molecule has 0 heterocycles. The van der Waals surface area contributed by atoms with Crippen molar-refractivity contribution in [3.8, 4) is 11.1 Å². The molecule has 2 aromatic rings. The summed E-state index contributed by atoms with van der Waals surface area (Å²) in [5.41, 5.74) is 4.37. The number of benzene rings is 2. The quantitative estimate of drug-likeness (QED) is 0.816. The Kier molecular flexibility index (Phi) is 4.97. The number of carbonyl (C=O) groups excluding carboxylic acids is 2. The maximum absolute atomic E-state index is 12.7. The van der Waals surface area contributed by atoms with E-state index in [-0.39, 0.29) is 11.8 Å². The molecule has 1 amide bonds. The molecule has 4 nitrogen and oxygen atoms in total. The number of esters is 1. The van der Waals surface area contributed by atoms with Crippen LogP contribution in [0.2, 0.25) is 0 Å². The number of nitrogens with one attached hydrogen (secondary N) is 1. The predicted molar refractivity (Wildman–Crippen MR) is 104 cm³/mol. The third-order valence-electron chi connectivity index (χ3n) is 5.94. The van der Waals surface area contributed by atoms with Crippen LogP contribution >= 0.6 is 0 Å². The summed E-state index contributed by atoms with van der Waals surface area (Å²) in [5, 5.41) is 3.00. The van der Waals surface area contributed by atoms with Crippen molar-refractivity contribution in [3.63, 3.8) is 0 Å². The first-order valence-corrected chi connectivity index (χ1v) is 9.74. The van der Waals surface area contributed by atoms with Crippen LogP contribution in [-0.4, -0.2) is 25.0 Å². The lowest BCUT2D eigenvalue weighted by molar-refractivity contribution is -0.145. The molecule has 0 unspecified atom stereocenters. The Bertz CT molecular complexity index is 809. The van der Waals surface area contributed by atoms with Crippen LogP contribution in [-0.2, 0) is 14.3 Å². The fourth-order valence-electron chi connectivity index (χ4n) is 4.67. The summed E-state index contributed by atoms with van der Waals surface area (Å²) in [6.45, 7) is 0. The SMILES string of the molecule is COC(=O)[C@@H](NC(=O)CC1CCCC1)C1c2ccccc2-c2ccccc21. The zero-order valence-electron chi connectivity index (χ0n) is 15.6. The van der Waals surface area contributed by atoms with E-state index in [0.29, 0.717) is 12.3 Å². The van der Waals surface area contributed by atoms with Crippen LogP contribution in [0.5, 0.6) is 0 Å². The molecule has 0 bridgehead atoms. The third kappa shape index (κ3) is 3.36. The predicted octanol–water partition coefficient (Wildman–Crippen LogP) is 4.04. The minimum Gasteiger partial charge on any atom is -0.467 e. The Labute approximate surface area is 159 Å². The van der Waals surface area contributed by atoms with Gasteiger partial charge in [0, 0.05) is 12.3 Å². The molecule has 27 heavy (non-hydrogen) atoms. The highest BCUT2D eigenvalue weighted by molar-refractivity contribution is 5.89. The first kappa shape index (κ1) is 17.8. The molecule has 2 aliphatic carbocycles. The fraction of sp³-hybridized carbons (Fsp3) is 0.391. The van der Waals surface area contributed by atoms with Crippen LogP contribution in [0.1, 0.15) is 49.1 Å². The molecular formula is C23H25NO3. The van der Waals surface area contributed by atoms with Crippen molar-refractivity contribution in [3.05, 3.63) is 59.7 Å². The third-order valence-corrected chi connectivity index (χ3v) is 5.94. The molecule has 140 valence electrons. The number of amides is 1. The first-order chi connectivity index (χ1) is 13.2. The molecule has 1 N–H and O–H groups in total. The number of hydrogen-bond donors (Lipinski definition) is 1. The highest BCUT2D eigenvalue weighted by Crippen LogP contribution is 2.46. The number of fused-ring (bicyclic) bond motifs is 3. The van der Waals surface area contributed by atoms with Gasteiger partial charge < -0.3 is 10.1 Å². The first-order valence-electron chi connectivity index (χ1n) is 9.74. The van der Waals surface area contributed by atoms with Crippen molar-refractivity contribution in [2.24, 2.45) is 5.92 Å². The van der Waals surface area contributed by atoms with Crippen molar-refractivity contribution in [2.75, 3.05) is 7.11 Å². The molecule has 4 heteroatoms. The normalized spacial score (nSPS) is 17.2. The van der Waals surface area contributed by atoms with Gasteiger partial charge in [-0.05, 0) is 41.0 Å². The molecule has 0 saturated heterocycles. The minimum atomic E-state index is -0.714. The van der Waals surface area contributed by atoms with Gasteiger partial charge in [-0.15, -0.1) is 0 Å². The zero-order chi connectivity index (χ0) is 18.8. The second kappa shape index (κ2) is 7.55. The van der Waals surface area contributed by atoms with Crippen molar-refractivity contribution in [1.29, 1.82) is 0 Å². The Hall–Kier alpha value is -2.62. The van der Waals surface area contributed by atoms with Crippen LogP contribution < -0.4 is 5.32 Å². The lowest BCUT2D eigenvalue weighted by Crippen LogP contribution is -2.45. The van der Waals surface area contributed by atoms with Gasteiger partial charge in [0.25, 0.3) is 0 Å². The van der Waals surface area contributed by atoms with Crippen molar-refractivity contribution in [1.82, 2.24) is 5.32 Å². The van der Waals surface area contributed by atoms with E-state index in [1.54, 1.807) is 0 Å². The summed E-state index contributed by atoms with van der Waals surface area (Å²) in [6, 6.07) is 15.5. The van der Waals surface area contributed by atoms with Gasteiger partial charge in [-0.1, -0.05) is 61.4 Å². The maximum Gasteiger partial charge on any atom is 0.329 e. The van der Waals surface area contributed by atoms with Crippen molar-refractivity contribution >= 4 is 11.9 Å². The standard InChI is InChI=1S/C23H25NO3/c1-27-23(26)22(24-20(25)14-15-8-2-3-9-15)21-18-12-6-4-10-16(18)17-11-5-7-13-19(17)21/h4-7,10-13,15,21-22H,2-3,8-9,14H2,1H3,(H,24,25)/t22-/m0/s1. The van der Waals surface area contributed by atoms with E-state index in [2.05, 4.69) is 17.4 Å². The second-order valence-corrected chi connectivity index (χ2v) is 7.58. The molecule has 2 aromatic carbocycles. The van der Waals surface area contributed by atoms with Gasteiger partial charge in [0.1, 0.15) is 6.04 Å². The van der Waals surface area contributed by atoms with Gasteiger partial charge in [0.2, 0.25) is 5.91 Å². The molecule has 4 rings (SSSR count). The number of methoxy groups -OCH3 is 1. The molecular weight excluding hydrogens is 338 g/mol. The maximum atomic E-state index is 12.7. The summed E-state index contributed by atoms with van der Waals surface area (Å²) in [4.78, 5) is 25.3.